The molecule has 24 heteroatoms. The van der Waals surface area contributed by atoms with Crippen molar-refractivity contribution in [2.75, 3.05) is 18.9 Å². The Hall–Kier alpha value is -2.43. The third kappa shape index (κ3) is 5.63. The first-order valence-corrected chi connectivity index (χ1v) is 18.3. The minimum atomic E-state index is -4.25. The van der Waals surface area contributed by atoms with Crippen LogP contribution in [0.4, 0.5) is 10.3 Å². The third-order valence-corrected chi connectivity index (χ3v) is 10.6. The molecule has 0 aliphatic carbocycles. The summed E-state index contributed by atoms with van der Waals surface area (Å²) in [4.78, 5) is 57.2. The zero-order valence-corrected chi connectivity index (χ0v) is 26.2. The van der Waals surface area contributed by atoms with Crippen molar-refractivity contribution >= 4 is 65.3 Å². The number of alkyl halides is 1. The number of H-pyrrole nitrogens is 1. The molecule has 4 aromatic heterocycles. The summed E-state index contributed by atoms with van der Waals surface area (Å²) in [6, 6.07) is 0. The van der Waals surface area contributed by atoms with Crippen molar-refractivity contribution in [3.63, 3.8) is 0 Å². The number of rotatable bonds is 2. The van der Waals surface area contributed by atoms with Crippen molar-refractivity contribution in [1.82, 2.24) is 39.0 Å². The van der Waals surface area contributed by atoms with Gasteiger partial charge in [-0.1, -0.05) is 0 Å². The van der Waals surface area contributed by atoms with Crippen LogP contribution in [0.1, 0.15) is 18.1 Å². The van der Waals surface area contributed by atoms with Gasteiger partial charge in [0.05, 0.1) is 31.6 Å². The molecule has 3 fully saturated rings. The van der Waals surface area contributed by atoms with E-state index in [1.807, 2.05) is 0 Å². The summed E-state index contributed by atoms with van der Waals surface area (Å²) in [7, 11) is 0. The van der Waals surface area contributed by atoms with Gasteiger partial charge in [0.15, 0.2) is 35.4 Å². The van der Waals surface area contributed by atoms with Crippen LogP contribution in [0.15, 0.2) is 23.8 Å². The second-order valence-electron chi connectivity index (χ2n) is 10.3. The lowest BCUT2D eigenvalue weighted by atomic mass is 10.1. The van der Waals surface area contributed by atoms with Gasteiger partial charge in [-0.05, 0) is 30.5 Å². The normalized spacial score (nSPS) is 37.7. The SMILES string of the molecule is Cc1ncnc2c1ncn2[C@@H]1O[C@@H]2COP(O)(=S)O[C@H]3[C@@H](F)[C@H](n4cnc5c(=O)[nH]c(N)nc54)O[C@@H]3COP(O)(=S)O[C@@H]1[C@@H]2O. The second-order valence-corrected chi connectivity index (χ2v) is 15.9. The van der Waals surface area contributed by atoms with E-state index in [2.05, 4.69) is 29.9 Å². The van der Waals surface area contributed by atoms with Gasteiger partial charge >= 0.3 is 13.4 Å². The van der Waals surface area contributed by atoms with E-state index in [0.29, 0.717) is 16.9 Å². The molecule has 7 rings (SSSR count). The van der Waals surface area contributed by atoms with Crippen LogP contribution in [0.2, 0.25) is 0 Å². The lowest BCUT2D eigenvalue weighted by Gasteiger charge is -2.27. The van der Waals surface area contributed by atoms with Crippen LogP contribution >= 0.6 is 13.4 Å². The van der Waals surface area contributed by atoms with Crippen molar-refractivity contribution in [2.24, 2.45) is 0 Å². The highest BCUT2D eigenvalue weighted by Crippen LogP contribution is 2.54. The fourth-order valence-corrected chi connectivity index (χ4v) is 8.21. The predicted molar refractivity (Wildman–Crippen MR) is 156 cm³/mol. The number of fused-ring (bicyclic) bond motifs is 5. The standard InChI is InChI=1S/C21H24FN9O10P2S2/c1-7-11-16(25-4-24-7)30(5-26-11)20-15-13(32)8(38-20)2-36-42(34,44)40-14-9(3-37-43(35,45)41-15)39-19(10(14)22)31-6-27-12-17(31)28-21(23)29-18(12)33/h4-6,8-10,13-15,19-20,32H,2-3H2,1H3,(H,34,44)(H,35,45)(H3,23,28,29,33)/t8-,9-,10-,13-,14-,15-,19-,20-,42?,43?/m1/s1. The van der Waals surface area contributed by atoms with E-state index in [9.17, 15) is 19.7 Å². The Morgan fingerprint density at radius 2 is 1.58 bits per heavy atom. The molecule has 0 amide bonds. The van der Waals surface area contributed by atoms with Crippen LogP contribution in [-0.2, 0) is 51.2 Å². The number of aromatic nitrogens is 8. The van der Waals surface area contributed by atoms with Gasteiger partial charge in [0.2, 0.25) is 5.95 Å². The van der Waals surface area contributed by atoms with Crippen LogP contribution < -0.4 is 11.3 Å². The van der Waals surface area contributed by atoms with Gasteiger partial charge < -0.3 is 39.1 Å². The molecule has 2 bridgehead atoms. The minimum Gasteiger partial charge on any atom is -0.387 e. The maximum absolute atomic E-state index is 16.0. The number of aliphatic hydroxyl groups is 1. The Kier molecular flexibility index (Phi) is 7.88. The van der Waals surface area contributed by atoms with Crippen LogP contribution in [0.25, 0.3) is 22.3 Å². The molecule has 10 atom stereocenters. The summed E-state index contributed by atoms with van der Waals surface area (Å²) >= 11 is 10.4. The Balaban J connectivity index is 1.21. The van der Waals surface area contributed by atoms with Crippen molar-refractivity contribution in [2.45, 2.75) is 56.1 Å². The molecule has 0 spiro atoms. The van der Waals surface area contributed by atoms with Gasteiger partial charge in [0.25, 0.3) is 5.56 Å². The van der Waals surface area contributed by atoms with Gasteiger partial charge in [0.1, 0.15) is 42.4 Å². The van der Waals surface area contributed by atoms with E-state index >= 15 is 4.39 Å². The molecule has 242 valence electrons. The number of ether oxygens (including phenoxy) is 2. The topological polar surface area (TPSA) is 249 Å². The predicted octanol–water partition coefficient (Wildman–Crippen LogP) is -0.405. The maximum atomic E-state index is 16.0. The van der Waals surface area contributed by atoms with Gasteiger partial charge in [-0.2, -0.15) is 4.98 Å². The van der Waals surface area contributed by atoms with E-state index in [0.717, 1.165) is 10.9 Å². The number of nitrogens with one attached hydrogen (secondary N) is 1. The quantitative estimate of drug-likeness (QED) is 0.166. The Morgan fingerprint density at radius 1 is 0.956 bits per heavy atom. The smallest absolute Gasteiger partial charge is 0.325 e. The summed E-state index contributed by atoms with van der Waals surface area (Å²) in [5.74, 6) is -0.245. The number of nitrogens with two attached hydrogens (primary N) is 1. The summed E-state index contributed by atoms with van der Waals surface area (Å²) in [6.45, 7) is -7.89. The van der Waals surface area contributed by atoms with Crippen molar-refractivity contribution in [3.05, 3.63) is 35.0 Å². The molecular weight excluding hydrogens is 683 g/mol. The highest BCUT2D eigenvalue weighted by Gasteiger charge is 2.53. The Labute approximate surface area is 260 Å². The molecule has 3 aliphatic heterocycles. The minimum absolute atomic E-state index is 0.0878. The van der Waals surface area contributed by atoms with Crippen LogP contribution in [-0.4, -0.2) is 104 Å². The third-order valence-electron chi connectivity index (χ3n) is 7.43. The zero-order valence-electron chi connectivity index (χ0n) is 22.8. The lowest BCUT2D eigenvalue weighted by molar-refractivity contribution is -0.0602. The number of halogens is 1. The van der Waals surface area contributed by atoms with E-state index in [1.165, 1.54) is 17.2 Å². The Morgan fingerprint density at radius 3 is 2.31 bits per heavy atom. The number of imidazole rings is 2. The molecule has 0 radical (unpaired) electrons. The maximum Gasteiger partial charge on any atom is 0.325 e. The van der Waals surface area contributed by atoms with Crippen molar-refractivity contribution in [1.29, 1.82) is 0 Å². The Bertz CT molecular complexity index is 1950. The number of anilines is 1. The number of hydrogen-bond acceptors (Lipinski definition) is 16. The molecule has 4 aromatic rings. The highest BCUT2D eigenvalue weighted by molar-refractivity contribution is 8.07. The zero-order chi connectivity index (χ0) is 31.8. The van der Waals surface area contributed by atoms with E-state index < -0.39 is 81.4 Å². The first-order chi connectivity index (χ1) is 21.3. The number of aromatic amines is 1. The van der Waals surface area contributed by atoms with Gasteiger partial charge in [-0.3, -0.25) is 28.0 Å². The molecule has 0 aromatic carbocycles. The van der Waals surface area contributed by atoms with Crippen LogP contribution in [0, 0.1) is 6.92 Å². The van der Waals surface area contributed by atoms with Gasteiger partial charge in [-0.15, -0.1) is 0 Å². The average molecular weight is 708 g/mol. The monoisotopic (exact) mass is 707 g/mol. The molecule has 2 unspecified atom stereocenters. The molecule has 6 N–H and O–H groups in total. The summed E-state index contributed by atoms with van der Waals surface area (Å²) < 4.78 is 52.9. The number of nitrogens with zero attached hydrogens (tertiary/aromatic N) is 7. The molecule has 45 heavy (non-hydrogen) atoms. The first kappa shape index (κ1) is 31.2. The highest BCUT2D eigenvalue weighted by atomic mass is 32.5. The van der Waals surface area contributed by atoms with Gasteiger partial charge in [0, 0.05) is 0 Å². The molecule has 3 aliphatic rings. The lowest BCUT2D eigenvalue weighted by Crippen LogP contribution is -2.35. The number of aryl methyl sites for hydroxylation is 1. The average Bonchev–Trinajstić information content (AvgIpc) is 3.72. The summed E-state index contributed by atoms with van der Waals surface area (Å²) in [5.41, 5.74) is 6.16. The fourth-order valence-electron chi connectivity index (χ4n) is 5.36. The van der Waals surface area contributed by atoms with E-state index in [4.69, 9.17) is 56.9 Å². The van der Waals surface area contributed by atoms with Crippen molar-refractivity contribution < 1.29 is 46.9 Å². The summed E-state index contributed by atoms with van der Waals surface area (Å²) in [5, 5.41) is 11.2. The van der Waals surface area contributed by atoms with Crippen molar-refractivity contribution in [3.8, 4) is 0 Å². The molecule has 0 saturated carbocycles. The van der Waals surface area contributed by atoms with Crippen LogP contribution in [0.5, 0.6) is 0 Å². The van der Waals surface area contributed by atoms with Gasteiger partial charge in [-0.25, -0.2) is 24.3 Å². The number of aliphatic hydroxyl groups excluding tert-OH is 1. The molecule has 7 heterocycles. The fraction of sp³-hybridized carbons (Fsp3) is 0.524. The van der Waals surface area contributed by atoms with E-state index in [1.54, 1.807) is 6.92 Å². The number of nitrogen functional groups attached to an aromatic ring is 1. The molecule has 3 saturated heterocycles. The summed E-state index contributed by atoms with van der Waals surface area (Å²) in [6.07, 6.45) is -7.94. The van der Waals surface area contributed by atoms with Crippen LogP contribution in [0.3, 0.4) is 0 Å². The largest absolute Gasteiger partial charge is 0.387 e. The first-order valence-electron chi connectivity index (χ1n) is 13.1. The number of hydrogen-bond donors (Lipinski definition) is 5. The van der Waals surface area contributed by atoms with E-state index in [-0.39, 0.29) is 17.1 Å². The molecular formula is C21H24FN9O10P2S2. The molecule has 19 nitrogen and oxygen atoms in total. The second kappa shape index (κ2) is 11.4.